The van der Waals surface area contributed by atoms with Crippen molar-refractivity contribution >= 4 is 10.0 Å². The van der Waals surface area contributed by atoms with E-state index < -0.39 is 10.0 Å². The van der Waals surface area contributed by atoms with E-state index in [1.807, 2.05) is 25.1 Å². The summed E-state index contributed by atoms with van der Waals surface area (Å²) in [5.74, 6) is 0.804. The minimum Gasteiger partial charge on any atom is -0.494 e. The molecule has 0 aliphatic carbocycles. The number of sulfonamides is 1. The molecular formula is C16H20N2O3S. The molecule has 1 aromatic heterocycles. The van der Waals surface area contributed by atoms with Gasteiger partial charge >= 0.3 is 0 Å². The van der Waals surface area contributed by atoms with Crippen LogP contribution in [-0.4, -0.2) is 20.0 Å². The molecule has 5 nitrogen and oxygen atoms in total. The van der Waals surface area contributed by atoms with Gasteiger partial charge in [-0.05, 0) is 48.7 Å². The Morgan fingerprint density at radius 3 is 2.73 bits per heavy atom. The Hall–Kier alpha value is -1.92. The van der Waals surface area contributed by atoms with Gasteiger partial charge in [-0.25, -0.2) is 13.1 Å². The molecule has 22 heavy (non-hydrogen) atoms. The van der Waals surface area contributed by atoms with E-state index in [4.69, 9.17) is 4.74 Å². The molecule has 1 N–H and O–H groups in total. The number of benzene rings is 1. The Kier molecular flexibility index (Phi) is 5.51. The summed E-state index contributed by atoms with van der Waals surface area (Å²) in [7, 11) is -3.54. The fourth-order valence-electron chi connectivity index (χ4n) is 1.94. The first kappa shape index (κ1) is 16.5. The van der Waals surface area contributed by atoms with Gasteiger partial charge in [0.1, 0.15) is 10.6 Å². The smallest absolute Gasteiger partial charge is 0.242 e. The first-order chi connectivity index (χ1) is 10.5. The van der Waals surface area contributed by atoms with E-state index in [1.165, 1.54) is 18.5 Å². The van der Waals surface area contributed by atoms with E-state index in [2.05, 4.69) is 16.6 Å². The van der Waals surface area contributed by atoms with Gasteiger partial charge in [0, 0.05) is 18.9 Å². The van der Waals surface area contributed by atoms with Crippen LogP contribution in [0.5, 0.6) is 5.75 Å². The molecule has 0 bridgehead atoms. The molecule has 0 unspecified atom stereocenters. The lowest BCUT2D eigenvalue weighted by Crippen LogP contribution is -2.23. The second kappa shape index (κ2) is 7.38. The van der Waals surface area contributed by atoms with Crippen molar-refractivity contribution in [3.63, 3.8) is 0 Å². The molecule has 118 valence electrons. The van der Waals surface area contributed by atoms with Crippen LogP contribution in [0.2, 0.25) is 0 Å². The number of aryl methyl sites for hydroxylation is 1. The van der Waals surface area contributed by atoms with E-state index >= 15 is 0 Å². The van der Waals surface area contributed by atoms with Gasteiger partial charge in [-0.15, -0.1) is 0 Å². The van der Waals surface area contributed by atoms with Crippen LogP contribution in [0.1, 0.15) is 24.5 Å². The first-order valence-electron chi connectivity index (χ1n) is 7.15. The van der Waals surface area contributed by atoms with Gasteiger partial charge in [0.05, 0.1) is 6.61 Å². The van der Waals surface area contributed by atoms with Crippen molar-refractivity contribution in [2.45, 2.75) is 31.7 Å². The third-order valence-corrected chi connectivity index (χ3v) is 4.57. The summed E-state index contributed by atoms with van der Waals surface area (Å²) in [6, 6.07) is 8.77. The normalized spacial score (nSPS) is 11.4. The van der Waals surface area contributed by atoms with Crippen molar-refractivity contribution in [2.24, 2.45) is 0 Å². The lowest BCUT2D eigenvalue weighted by Gasteiger charge is -2.11. The Bertz CT molecular complexity index is 715. The van der Waals surface area contributed by atoms with Crippen molar-refractivity contribution in [1.82, 2.24) is 9.71 Å². The molecule has 0 aliphatic heterocycles. The van der Waals surface area contributed by atoms with Crippen LogP contribution in [0, 0.1) is 6.92 Å². The summed E-state index contributed by atoms with van der Waals surface area (Å²) < 4.78 is 32.4. The zero-order valence-electron chi connectivity index (χ0n) is 12.7. The molecule has 2 aromatic rings. The number of ether oxygens (including phenoxy) is 1. The van der Waals surface area contributed by atoms with Crippen LogP contribution in [0.3, 0.4) is 0 Å². The Morgan fingerprint density at radius 1 is 1.27 bits per heavy atom. The SMILES string of the molecule is CCCOc1ccc(CNS(=O)(=O)c2cccnc2)c(C)c1. The highest BCUT2D eigenvalue weighted by Gasteiger charge is 2.14. The molecule has 0 aliphatic rings. The number of pyridine rings is 1. The van der Waals surface area contributed by atoms with Gasteiger partial charge in [-0.1, -0.05) is 13.0 Å². The Balaban J connectivity index is 2.05. The number of nitrogens with zero attached hydrogens (tertiary/aromatic N) is 1. The van der Waals surface area contributed by atoms with Crippen molar-refractivity contribution in [1.29, 1.82) is 0 Å². The maximum absolute atomic E-state index is 12.1. The van der Waals surface area contributed by atoms with Crippen LogP contribution in [0.4, 0.5) is 0 Å². The molecule has 0 atom stereocenters. The Labute approximate surface area is 131 Å². The number of hydrogen-bond acceptors (Lipinski definition) is 4. The number of aromatic nitrogens is 1. The predicted molar refractivity (Wildman–Crippen MR) is 85.2 cm³/mol. The van der Waals surface area contributed by atoms with Crippen molar-refractivity contribution < 1.29 is 13.2 Å². The Morgan fingerprint density at radius 2 is 2.09 bits per heavy atom. The predicted octanol–water partition coefficient (Wildman–Crippen LogP) is 2.66. The topological polar surface area (TPSA) is 68.3 Å². The maximum Gasteiger partial charge on any atom is 0.242 e. The van der Waals surface area contributed by atoms with Gasteiger partial charge < -0.3 is 4.74 Å². The number of nitrogens with one attached hydrogen (secondary N) is 1. The number of hydrogen-bond donors (Lipinski definition) is 1. The molecule has 1 aromatic carbocycles. The monoisotopic (exact) mass is 320 g/mol. The summed E-state index contributed by atoms with van der Waals surface area (Å²) in [4.78, 5) is 3.99. The highest BCUT2D eigenvalue weighted by molar-refractivity contribution is 7.89. The third kappa shape index (κ3) is 4.29. The highest BCUT2D eigenvalue weighted by atomic mass is 32.2. The van der Waals surface area contributed by atoms with Gasteiger partial charge in [0.2, 0.25) is 10.0 Å². The highest BCUT2D eigenvalue weighted by Crippen LogP contribution is 2.18. The fourth-order valence-corrected chi connectivity index (χ4v) is 2.91. The van der Waals surface area contributed by atoms with Crippen molar-refractivity contribution in [3.05, 3.63) is 53.9 Å². The maximum atomic E-state index is 12.1. The molecule has 0 saturated heterocycles. The summed E-state index contributed by atoms with van der Waals surface area (Å²) >= 11 is 0. The average Bonchev–Trinajstić information content (AvgIpc) is 2.53. The van der Waals surface area contributed by atoms with Crippen LogP contribution >= 0.6 is 0 Å². The molecule has 1 heterocycles. The van der Waals surface area contributed by atoms with E-state index in [1.54, 1.807) is 6.07 Å². The van der Waals surface area contributed by atoms with Gasteiger partial charge in [-0.2, -0.15) is 0 Å². The van der Waals surface area contributed by atoms with Crippen LogP contribution in [0.15, 0.2) is 47.6 Å². The largest absolute Gasteiger partial charge is 0.494 e. The second-order valence-electron chi connectivity index (χ2n) is 4.95. The van der Waals surface area contributed by atoms with E-state index in [-0.39, 0.29) is 11.4 Å². The summed E-state index contributed by atoms with van der Waals surface area (Å²) in [5, 5.41) is 0. The molecular weight excluding hydrogens is 300 g/mol. The molecule has 0 spiro atoms. The summed E-state index contributed by atoms with van der Waals surface area (Å²) in [6.45, 7) is 4.89. The van der Waals surface area contributed by atoms with Crippen LogP contribution in [-0.2, 0) is 16.6 Å². The summed E-state index contributed by atoms with van der Waals surface area (Å²) in [5.41, 5.74) is 1.90. The molecule has 0 saturated carbocycles. The molecule has 0 amide bonds. The average molecular weight is 320 g/mol. The van der Waals surface area contributed by atoms with Gasteiger partial charge in [0.25, 0.3) is 0 Å². The van der Waals surface area contributed by atoms with E-state index in [0.29, 0.717) is 6.61 Å². The minimum atomic E-state index is -3.54. The van der Waals surface area contributed by atoms with Crippen molar-refractivity contribution in [2.75, 3.05) is 6.61 Å². The van der Waals surface area contributed by atoms with Crippen molar-refractivity contribution in [3.8, 4) is 5.75 Å². The van der Waals surface area contributed by atoms with Gasteiger partial charge in [-0.3, -0.25) is 4.98 Å². The standard InChI is InChI=1S/C16H20N2O3S/c1-3-9-21-15-7-6-14(13(2)10-15)11-18-22(19,20)16-5-4-8-17-12-16/h4-8,10,12,18H,3,9,11H2,1-2H3. The molecule has 2 rings (SSSR count). The summed E-state index contributed by atoms with van der Waals surface area (Å²) in [6.07, 6.45) is 3.82. The third-order valence-electron chi connectivity index (χ3n) is 3.18. The molecule has 6 heteroatoms. The molecule has 0 radical (unpaired) electrons. The van der Waals surface area contributed by atoms with Crippen LogP contribution in [0.25, 0.3) is 0 Å². The zero-order chi connectivity index (χ0) is 16.0. The fraction of sp³-hybridized carbons (Fsp3) is 0.312. The second-order valence-corrected chi connectivity index (χ2v) is 6.72. The van der Waals surface area contributed by atoms with E-state index in [0.717, 1.165) is 23.3 Å². The van der Waals surface area contributed by atoms with E-state index in [9.17, 15) is 8.42 Å². The molecule has 0 fully saturated rings. The quantitative estimate of drug-likeness (QED) is 0.851. The lowest BCUT2D eigenvalue weighted by molar-refractivity contribution is 0.317. The minimum absolute atomic E-state index is 0.163. The van der Waals surface area contributed by atoms with Gasteiger partial charge in [0.15, 0.2) is 0 Å². The van der Waals surface area contributed by atoms with Crippen LogP contribution < -0.4 is 9.46 Å². The number of rotatable bonds is 7. The lowest BCUT2D eigenvalue weighted by atomic mass is 10.1. The zero-order valence-corrected chi connectivity index (χ0v) is 13.6. The first-order valence-corrected chi connectivity index (χ1v) is 8.63.